The van der Waals surface area contributed by atoms with Crippen LogP contribution in [0.2, 0.25) is 0 Å². The average Bonchev–Trinajstić information content (AvgIpc) is 2.75. The molecule has 0 amide bonds. The van der Waals surface area contributed by atoms with Crippen LogP contribution in [-0.2, 0) is 29.2 Å². The zero-order valence-corrected chi connectivity index (χ0v) is 19.3. The normalized spacial score (nSPS) is 14.8. The van der Waals surface area contributed by atoms with Crippen molar-refractivity contribution in [2.24, 2.45) is 4.99 Å². The Morgan fingerprint density at radius 2 is 1.80 bits per heavy atom. The molecule has 1 fully saturated rings. The van der Waals surface area contributed by atoms with Gasteiger partial charge in [-0.1, -0.05) is 24.3 Å². The number of rotatable bonds is 7. The summed E-state index contributed by atoms with van der Waals surface area (Å²) < 4.78 is 38.4. The Labute approximate surface area is 193 Å². The summed E-state index contributed by atoms with van der Waals surface area (Å²) in [6.45, 7) is 2.80. The largest absolute Gasteiger partial charge is 0.381 e. The van der Waals surface area contributed by atoms with Crippen LogP contribution in [0.25, 0.3) is 0 Å². The Morgan fingerprint density at radius 1 is 1.07 bits per heavy atom. The first-order valence-electron chi connectivity index (χ1n) is 9.79. The summed E-state index contributed by atoms with van der Waals surface area (Å²) in [5.74, 6) is -0.407. The van der Waals surface area contributed by atoms with Gasteiger partial charge in [0.2, 0.25) is 0 Å². The minimum absolute atomic E-state index is 0. The number of benzene rings is 2. The van der Waals surface area contributed by atoms with Crippen LogP contribution >= 0.6 is 24.0 Å². The summed E-state index contributed by atoms with van der Waals surface area (Å²) in [6.07, 6.45) is 2.14. The van der Waals surface area contributed by atoms with E-state index in [1.165, 1.54) is 6.07 Å². The van der Waals surface area contributed by atoms with E-state index in [9.17, 15) is 8.78 Å². The van der Waals surface area contributed by atoms with Gasteiger partial charge in [-0.25, -0.2) is 8.78 Å². The lowest BCUT2D eigenvalue weighted by atomic mass is 10.1. The molecule has 0 aromatic heterocycles. The van der Waals surface area contributed by atoms with Crippen molar-refractivity contribution in [3.8, 4) is 0 Å². The van der Waals surface area contributed by atoms with Gasteiger partial charge in [0.25, 0.3) is 0 Å². The second-order valence-electron chi connectivity index (χ2n) is 6.96. The van der Waals surface area contributed by atoms with Crippen molar-refractivity contribution in [1.29, 1.82) is 0 Å². The van der Waals surface area contributed by atoms with Crippen molar-refractivity contribution in [3.05, 3.63) is 70.8 Å². The van der Waals surface area contributed by atoms with E-state index < -0.39 is 11.6 Å². The zero-order chi connectivity index (χ0) is 20.5. The SMILES string of the molecule is CN=C(NCc1cccc(COC2CCOCC2)c1)NCc1cc(F)ccc1F.I. The van der Waals surface area contributed by atoms with Gasteiger partial charge in [0.05, 0.1) is 12.7 Å². The summed E-state index contributed by atoms with van der Waals surface area (Å²) in [7, 11) is 1.63. The molecule has 8 heteroatoms. The van der Waals surface area contributed by atoms with Crippen molar-refractivity contribution in [2.75, 3.05) is 20.3 Å². The highest BCUT2D eigenvalue weighted by molar-refractivity contribution is 14.0. The summed E-state index contributed by atoms with van der Waals surface area (Å²) in [5, 5.41) is 6.19. The van der Waals surface area contributed by atoms with E-state index in [4.69, 9.17) is 9.47 Å². The molecule has 0 atom stereocenters. The van der Waals surface area contributed by atoms with Crippen LogP contribution in [0, 0.1) is 11.6 Å². The molecule has 30 heavy (non-hydrogen) atoms. The third-order valence-electron chi connectivity index (χ3n) is 4.78. The van der Waals surface area contributed by atoms with E-state index >= 15 is 0 Å². The van der Waals surface area contributed by atoms with E-state index in [2.05, 4.69) is 21.7 Å². The highest BCUT2D eigenvalue weighted by Crippen LogP contribution is 2.14. The number of aliphatic imine (C=N–C) groups is 1. The molecule has 1 aliphatic heterocycles. The van der Waals surface area contributed by atoms with Crippen molar-refractivity contribution < 1.29 is 18.3 Å². The Hall–Kier alpha value is -1.78. The number of hydrogen-bond acceptors (Lipinski definition) is 3. The van der Waals surface area contributed by atoms with Gasteiger partial charge in [-0.15, -0.1) is 24.0 Å². The van der Waals surface area contributed by atoms with Crippen molar-refractivity contribution in [1.82, 2.24) is 10.6 Å². The van der Waals surface area contributed by atoms with Gasteiger partial charge in [-0.05, 0) is 42.2 Å². The summed E-state index contributed by atoms with van der Waals surface area (Å²) >= 11 is 0. The van der Waals surface area contributed by atoms with Crippen LogP contribution in [0.5, 0.6) is 0 Å². The third-order valence-corrected chi connectivity index (χ3v) is 4.78. The molecule has 0 saturated carbocycles. The Kier molecular flexibility index (Phi) is 10.5. The van der Waals surface area contributed by atoms with E-state index in [1.807, 2.05) is 18.2 Å². The number of halogens is 3. The maximum atomic E-state index is 13.7. The highest BCUT2D eigenvalue weighted by Gasteiger charge is 2.14. The van der Waals surface area contributed by atoms with Gasteiger partial charge in [-0.2, -0.15) is 0 Å². The van der Waals surface area contributed by atoms with Crippen molar-refractivity contribution >= 4 is 29.9 Å². The van der Waals surface area contributed by atoms with Gasteiger partial charge >= 0.3 is 0 Å². The topological polar surface area (TPSA) is 54.9 Å². The van der Waals surface area contributed by atoms with Gasteiger partial charge in [0, 0.05) is 38.9 Å². The molecule has 0 radical (unpaired) electrons. The third kappa shape index (κ3) is 7.81. The molecule has 2 aromatic carbocycles. The van der Waals surface area contributed by atoms with Crippen LogP contribution in [0.15, 0.2) is 47.5 Å². The van der Waals surface area contributed by atoms with Gasteiger partial charge in [-0.3, -0.25) is 4.99 Å². The van der Waals surface area contributed by atoms with Gasteiger partial charge < -0.3 is 20.1 Å². The van der Waals surface area contributed by atoms with Crippen LogP contribution in [0.3, 0.4) is 0 Å². The molecule has 164 valence electrons. The molecule has 0 unspecified atom stereocenters. The fraction of sp³-hybridized carbons (Fsp3) is 0.409. The molecule has 0 bridgehead atoms. The minimum Gasteiger partial charge on any atom is -0.381 e. The number of nitrogens with one attached hydrogen (secondary N) is 2. The lowest BCUT2D eigenvalue weighted by molar-refractivity contribution is -0.0390. The Balaban J connectivity index is 0.00000320. The standard InChI is InChI=1S/C22H27F2N3O2.HI/c1-25-22(27-14-18-12-19(23)5-6-21(18)24)26-13-16-3-2-4-17(11-16)15-29-20-7-9-28-10-8-20;/h2-6,11-12,20H,7-10,13-15H2,1H3,(H2,25,26,27);1H. The molecular weight excluding hydrogens is 503 g/mol. The maximum absolute atomic E-state index is 13.7. The molecule has 1 heterocycles. The molecular formula is C22H28F2IN3O2. The number of guanidine groups is 1. The van der Waals surface area contributed by atoms with E-state index in [0.717, 1.165) is 49.3 Å². The van der Waals surface area contributed by atoms with E-state index in [1.54, 1.807) is 7.05 Å². The maximum Gasteiger partial charge on any atom is 0.191 e. The summed E-state index contributed by atoms with van der Waals surface area (Å²) in [6, 6.07) is 11.6. The highest BCUT2D eigenvalue weighted by atomic mass is 127. The average molecular weight is 531 g/mol. The minimum atomic E-state index is -0.467. The Morgan fingerprint density at radius 3 is 2.57 bits per heavy atom. The molecule has 0 aliphatic carbocycles. The van der Waals surface area contributed by atoms with E-state index in [-0.39, 0.29) is 42.2 Å². The predicted octanol–water partition coefficient (Wildman–Crippen LogP) is 4.14. The zero-order valence-electron chi connectivity index (χ0n) is 17.0. The Bertz CT molecular complexity index is 830. The molecule has 1 aliphatic rings. The summed E-state index contributed by atoms with van der Waals surface area (Å²) in [5.41, 5.74) is 2.44. The number of hydrogen-bond donors (Lipinski definition) is 2. The monoisotopic (exact) mass is 531 g/mol. The molecule has 2 aromatic rings. The smallest absolute Gasteiger partial charge is 0.191 e. The van der Waals surface area contributed by atoms with Crippen LogP contribution in [0.1, 0.15) is 29.5 Å². The first kappa shape index (κ1) is 24.5. The second kappa shape index (κ2) is 12.8. The van der Waals surface area contributed by atoms with Crippen molar-refractivity contribution in [2.45, 2.75) is 38.6 Å². The molecule has 5 nitrogen and oxygen atoms in total. The van der Waals surface area contributed by atoms with Crippen LogP contribution < -0.4 is 10.6 Å². The second-order valence-corrected chi connectivity index (χ2v) is 6.96. The number of nitrogens with zero attached hydrogens (tertiary/aromatic N) is 1. The summed E-state index contributed by atoms with van der Waals surface area (Å²) in [4.78, 5) is 4.13. The number of ether oxygens (including phenoxy) is 2. The first-order valence-corrected chi connectivity index (χ1v) is 9.79. The molecule has 0 spiro atoms. The molecule has 2 N–H and O–H groups in total. The predicted molar refractivity (Wildman–Crippen MR) is 124 cm³/mol. The molecule has 1 saturated heterocycles. The van der Waals surface area contributed by atoms with E-state index in [0.29, 0.717) is 19.1 Å². The quantitative estimate of drug-likeness (QED) is 0.321. The van der Waals surface area contributed by atoms with Crippen LogP contribution in [0.4, 0.5) is 8.78 Å². The first-order chi connectivity index (χ1) is 14.1. The van der Waals surface area contributed by atoms with Crippen LogP contribution in [-0.4, -0.2) is 32.3 Å². The fourth-order valence-corrected chi connectivity index (χ4v) is 3.15. The fourth-order valence-electron chi connectivity index (χ4n) is 3.15. The lowest BCUT2D eigenvalue weighted by Crippen LogP contribution is -2.36. The molecule has 3 rings (SSSR count). The van der Waals surface area contributed by atoms with Gasteiger partial charge in [0.1, 0.15) is 11.6 Å². The van der Waals surface area contributed by atoms with Crippen molar-refractivity contribution in [3.63, 3.8) is 0 Å². The van der Waals surface area contributed by atoms with Gasteiger partial charge in [0.15, 0.2) is 5.96 Å². The lowest BCUT2D eigenvalue weighted by Gasteiger charge is -2.22.